The van der Waals surface area contributed by atoms with Gasteiger partial charge in [0, 0.05) is 12.5 Å². The predicted octanol–water partition coefficient (Wildman–Crippen LogP) is 2.62. The van der Waals surface area contributed by atoms with E-state index >= 15 is 0 Å². The molecule has 0 aromatic carbocycles. The van der Waals surface area contributed by atoms with Crippen LogP contribution in [0.2, 0.25) is 0 Å². The molecule has 0 unspecified atom stereocenters. The summed E-state index contributed by atoms with van der Waals surface area (Å²) in [5, 5.41) is 2.75. The average molecular weight is 446 g/mol. The Hall–Kier alpha value is -2.38. The second-order valence-corrected chi connectivity index (χ2v) is 11.0. The number of alkyl carbamates (subject to hydrolysis) is 1. The highest BCUT2D eigenvalue weighted by Crippen LogP contribution is 2.53. The number of nitrogens with one attached hydrogen (secondary N) is 1. The maximum absolute atomic E-state index is 13.7. The molecule has 2 saturated heterocycles. The third kappa shape index (κ3) is 3.82. The van der Waals surface area contributed by atoms with Crippen LogP contribution in [0, 0.1) is 17.3 Å². The van der Waals surface area contributed by atoms with Crippen LogP contribution in [0.1, 0.15) is 66.7 Å². The van der Waals surface area contributed by atoms with E-state index in [1.807, 2.05) is 26.0 Å². The smallest absolute Gasteiger partial charge is 0.408 e. The molecule has 2 aliphatic heterocycles. The third-order valence-electron chi connectivity index (χ3n) is 7.09. The van der Waals surface area contributed by atoms with E-state index in [0.717, 1.165) is 12.8 Å². The van der Waals surface area contributed by atoms with Gasteiger partial charge in [0.1, 0.15) is 11.6 Å². The number of carbonyl (C=O) groups excluding carboxylic acids is 4. The molecule has 1 saturated carbocycles. The first-order valence-corrected chi connectivity index (χ1v) is 11.8. The van der Waals surface area contributed by atoms with Gasteiger partial charge in [-0.25, -0.2) is 4.79 Å². The highest BCUT2D eigenvalue weighted by molar-refractivity contribution is 6.04. The normalized spacial score (nSPS) is 27.2. The van der Waals surface area contributed by atoms with E-state index in [-0.39, 0.29) is 41.6 Å². The first-order chi connectivity index (χ1) is 15.0. The Kier molecular flexibility index (Phi) is 5.62. The van der Waals surface area contributed by atoms with E-state index in [1.54, 1.807) is 25.7 Å². The lowest BCUT2D eigenvalue weighted by Gasteiger charge is -2.37. The van der Waals surface area contributed by atoms with Gasteiger partial charge in [-0.15, -0.1) is 0 Å². The largest absolute Gasteiger partial charge is 0.444 e. The van der Waals surface area contributed by atoms with Gasteiger partial charge in [-0.1, -0.05) is 26.0 Å². The molecule has 4 aliphatic rings. The van der Waals surface area contributed by atoms with E-state index in [0.29, 0.717) is 25.8 Å². The first kappa shape index (κ1) is 22.8. The van der Waals surface area contributed by atoms with Crippen molar-refractivity contribution in [3.05, 3.63) is 12.2 Å². The molecule has 4 amide bonds. The first-order valence-electron chi connectivity index (χ1n) is 11.8. The van der Waals surface area contributed by atoms with Crippen LogP contribution in [0.4, 0.5) is 4.79 Å². The molecule has 3 fully saturated rings. The molecule has 32 heavy (non-hydrogen) atoms. The van der Waals surface area contributed by atoms with E-state index in [9.17, 15) is 19.2 Å². The van der Waals surface area contributed by atoms with Crippen molar-refractivity contribution >= 4 is 23.8 Å². The number of fused-ring (bicyclic) bond motifs is 2. The van der Waals surface area contributed by atoms with Gasteiger partial charge >= 0.3 is 6.09 Å². The summed E-state index contributed by atoms with van der Waals surface area (Å²) in [5.41, 5.74) is -1.44. The molecule has 8 nitrogen and oxygen atoms in total. The SMILES string of the molecule is CC(C)[C@H](NC(=O)OC(C)(C)C)C(=O)N1CC[C@H]2[C@H]1C1(CC=CC1)C(=O)N2C(=O)C1CC1. The molecule has 0 aromatic heterocycles. The van der Waals surface area contributed by atoms with E-state index in [2.05, 4.69) is 5.32 Å². The van der Waals surface area contributed by atoms with E-state index in [4.69, 9.17) is 4.74 Å². The summed E-state index contributed by atoms with van der Waals surface area (Å²) < 4.78 is 5.37. The minimum absolute atomic E-state index is 0.0499. The molecule has 1 spiro atoms. The zero-order valence-electron chi connectivity index (χ0n) is 19.7. The molecule has 0 aromatic rings. The minimum atomic E-state index is -0.769. The molecule has 3 atom stereocenters. The number of imide groups is 1. The van der Waals surface area contributed by atoms with Crippen molar-refractivity contribution in [2.24, 2.45) is 17.3 Å². The Labute approximate surface area is 189 Å². The zero-order chi connectivity index (χ0) is 23.4. The second kappa shape index (κ2) is 7.89. The van der Waals surface area contributed by atoms with Gasteiger partial charge in [0.2, 0.25) is 17.7 Å². The van der Waals surface area contributed by atoms with Crippen molar-refractivity contribution < 1.29 is 23.9 Å². The lowest BCUT2D eigenvalue weighted by molar-refractivity contribution is -0.148. The molecule has 0 bridgehead atoms. The maximum Gasteiger partial charge on any atom is 0.408 e. The lowest BCUT2D eigenvalue weighted by atomic mass is 9.77. The fourth-order valence-electron chi connectivity index (χ4n) is 5.48. The van der Waals surface area contributed by atoms with Crippen molar-refractivity contribution in [1.29, 1.82) is 0 Å². The number of likely N-dealkylation sites (tertiary alicyclic amines) is 2. The molecular weight excluding hydrogens is 410 g/mol. The van der Waals surface area contributed by atoms with Gasteiger partial charge in [-0.2, -0.15) is 0 Å². The fraction of sp³-hybridized carbons (Fsp3) is 0.750. The van der Waals surface area contributed by atoms with Crippen LogP contribution in [-0.4, -0.2) is 63.9 Å². The van der Waals surface area contributed by atoms with Gasteiger partial charge < -0.3 is 15.0 Å². The summed E-state index contributed by atoms with van der Waals surface area (Å²) in [5.74, 6) is -0.624. The Morgan fingerprint density at radius 2 is 1.75 bits per heavy atom. The van der Waals surface area contributed by atoms with Crippen LogP contribution < -0.4 is 5.32 Å². The number of nitrogens with zero attached hydrogens (tertiary/aromatic N) is 2. The highest BCUT2D eigenvalue weighted by atomic mass is 16.6. The van der Waals surface area contributed by atoms with Crippen molar-refractivity contribution in [2.45, 2.75) is 90.4 Å². The monoisotopic (exact) mass is 445 g/mol. The van der Waals surface area contributed by atoms with Gasteiger partial charge in [-0.05, 0) is 58.8 Å². The van der Waals surface area contributed by atoms with Gasteiger partial charge in [-0.3, -0.25) is 19.3 Å². The number of rotatable bonds is 4. The molecule has 176 valence electrons. The minimum Gasteiger partial charge on any atom is -0.444 e. The van der Waals surface area contributed by atoms with Gasteiger partial charge in [0.15, 0.2) is 0 Å². The Morgan fingerprint density at radius 3 is 2.28 bits per heavy atom. The van der Waals surface area contributed by atoms with E-state index < -0.39 is 23.2 Å². The molecule has 0 radical (unpaired) electrons. The van der Waals surface area contributed by atoms with Crippen LogP contribution in [0.15, 0.2) is 12.2 Å². The van der Waals surface area contributed by atoms with Crippen LogP contribution in [0.5, 0.6) is 0 Å². The molecular formula is C24H35N3O5. The van der Waals surface area contributed by atoms with Crippen molar-refractivity contribution in [1.82, 2.24) is 15.1 Å². The van der Waals surface area contributed by atoms with Crippen LogP contribution in [0.25, 0.3) is 0 Å². The van der Waals surface area contributed by atoms with Crippen LogP contribution in [-0.2, 0) is 19.1 Å². The van der Waals surface area contributed by atoms with Gasteiger partial charge in [0.05, 0.1) is 17.5 Å². The van der Waals surface area contributed by atoms with Crippen LogP contribution in [0.3, 0.4) is 0 Å². The lowest BCUT2D eigenvalue weighted by Crippen LogP contribution is -2.56. The molecule has 1 N–H and O–H groups in total. The van der Waals surface area contributed by atoms with Crippen molar-refractivity contribution in [2.75, 3.05) is 6.54 Å². The summed E-state index contributed by atoms with van der Waals surface area (Å²) in [4.78, 5) is 56.0. The number of hydrogen-bond acceptors (Lipinski definition) is 5. The number of ether oxygens (including phenoxy) is 1. The third-order valence-corrected chi connectivity index (χ3v) is 7.09. The second-order valence-electron chi connectivity index (χ2n) is 11.0. The standard InChI is InChI=1S/C24H35N3O5/c1-14(2)17(25-22(31)32-23(3,4)5)20(29)26-13-10-16-18(26)24(11-6-7-12-24)21(30)27(16)19(28)15-8-9-15/h6-7,14-18H,8-13H2,1-5H3,(H,25,31)/t16-,17-,18-/m0/s1. The van der Waals surface area contributed by atoms with E-state index in [1.165, 1.54) is 4.90 Å². The van der Waals surface area contributed by atoms with Crippen molar-refractivity contribution in [3.8, 4) is 0 Å². The summed E-state index contributed by atoms with van der Waals surface area (Å²) >= 11 is 0. The number of hydrogen-bond donors (Lipinski definition) is 1. The number of allylic oxidation sites excluding steroid dienone is 2. The summed E-state index contributed by atoms with van der Waals surface area (Å²) in [7, 11) is 0. The molecule has 4 rings (SSSR count). The Bertz CT molecular complexity index is 846. The quantitative estimate of drug-likeness (QED) is 0.530. The fourth-order valence-corrected chi connectivity index (χ4v) is 5.48. The highest BCUT2D eigenvalue weighted by Gasteiger charge is 2.66. The summed E-state index contributed by atoms with van der Waals surface area (Å²) in [6, 6.07) is -1.41. The molecule has 8 heteroatoms. The predicted molar refractivity (Wildman–Crippen MR) is 117 cm³/mol. The number of carbonyl (C=O) groups is 4. The summed E-state index contributed by atoms with van der Waals surface area (Å²) in [6.45, 7) is 9.55. The Morgan fingerprint density at radius 1 is 1.12 bits per heavy atom. The van der Waals surface area contributed by atoms with Crippen molar-refractivity contribution in [3.63, 3.8) is 0 Å². The number of amides is 4. The van der Waals surface area contributed by atoms with Gasteiger partial charge in [0.25, 0.3) is 0 Å². The zero-order valence-corrected chi connectivity index (χ0v) is 19.7. The van der Waals surface area contributed by atoms with Crippen LogP contribution >= 0.6 is 0 Å². The molecule has 2 aliphatic carbocycles. The topological polar surface area (TPSA) is 96.0 Å². The maximum atomic E-state index is 13.7. The average Bonchev–Trinajstić information content (AvgIpc) is 3.17. The summed E-state index contributed by atoms with van der Waals surface area (Å²) in [6.07, 6.45) is 6.67. The Balaban J connectivity index is 1.59. The molecule has 2 heterocycles.